The normalized spacial score (nSPS) is 14.6. The molecule has 0 aliphatic carbocycles. The Morgan fingerprint density at radius 1 is 1.11 bits per heavy atom. The number of fused-ring (bicyclic) bond motifs is 1. The van der Waals surface area contributed by atoms with Crippen molar-refractivity contribution in [2.75, 3.05) is 0 Å². The maximum absolute atomic E-state index is 12.5. The van der Waals surface area contributed by atoms with Crippen LogP contribution in [0.1, 0.15) is 16.7 Å². The number of alkyl halides is 3. The monoisotopic (exact) mass is 283 g/mol. The summed E-state index contributed by atoms with van der Waals surface area (Å²) in [6.45, 7) is 0.401. The zero-order valence-corrected chi connectivity index (χ0v) is 10.4. The molecule has 98 valence electrons. The second-order valence-corrected chi connectivity index (χ2v) is 4.93. The molecule has 1 aromatic heterocycles. The molecule has 0 unspecified atom stereocenters. The van der Waals surface area contributed by atoms with E-state index in [0.29, 0.717) is 18.1 Å². The fraction of sp³-hybridized carbons (Fsp3) is 0.154. The first kappa shape index (κ1) is 12.2. The van der Waals surface area contributed by atoms with E-state index in [1.807, 2.05) is 11.4 Å². The van der Waals surface area contributed by atoms with E-state index in [9.17, 15) is 13.2 Å². The highest BCUT2D eigenvalue weighted by Gasteiger charge is 2.30. The number of thiophene rings is 1. The smallest absolute Gasteiger partial charge is 0.416 e. The Balaban J connectivity index is 1.92. The number of aliphatic imine (C=N–C) groups is 1. The van der Waals surface area contributed by atoms with Gasteiger partial charge in [0, 0.05) is 11.1 Å². The molecule has 0 bridgehead atoms. The summed E-state index contributed by atoms with van der Waals surface area (Å²) < 4.78 is 42.8. The third-order valence-electron chi connectivity index (χ3n) is 2.75. The maximum atomic E-state index is 12.5. The van der Waals surface area contributed by atoms with Crippen LogP contribution in [0.3, 0.4) is 0 Å². The number of nitrogens with zero attached hydrogens (tertiary/aromatic N) is 1. The molecule has 1 aliphatic rings. The molecule has 0 radical (unpaired) electrons. The molecular formula is C13H8F3NOS. The van der Waals surface area contributed by atoms with E-state index in [1.165, 1.54) is 23.5 Å². The van der Waals surface area contributed by atoms with E-state index in [-0.39, 0.29) is 0 Å². The summed E-state index contributed by atoms with van der Waals surface area (Å²) in [4.78, 5) is 4.30. The fourth-order valence-corrected chi connectivity index (χ4v) is 2.53. The maximum Gasteiger partial charge on any atom is 0.416 e. The molecule has 0 amide bonds. The Kier molecular flexibility index (Phi) is 2.82. The van der Waals surface area contributed by atoms with Gasteiger partial charge in [0.1, 0.15) is 11.6 Å². The van der Waals surface area contributed by atoms with Gasteiger partial charge in [-0.1, -0.05) is 0 Å². The molecule has 0 saturated heterocycles. The highest BCUT2D eigenvalue weighted by molar-refractivity contribution is 7.14. The van der Waals surface area contributed by atoms with Crippen molar-refractivity contribution in [3.8, 4) is 0 Å². The summed E-state index contributed by atoms with van der Waals surface area (Å²) in [5.74, 6) is 0.365. The highest BCUT2D eigenvalue weighted by atomic mass is 32.1. The standard InChI is InChI=1S/C13H8F3NOS/c14-13(15,16)10-3-1-8(2-4-10)11-17-12-9(7-18-11)5-6-19-12/h1-6H,7H2. The Morgan fingerprint density at radius 2 is 1.84 bits per heavy atom. The largest absolute Gasteiger partial charge is 0.472 e. The van der Waals surface area contributed by atoms with Crippen LogP contribution in [0.2, 0.25) is 0 Å². The molecule has 6 heteroatoms. The van der Waals surface area contributed by atoms with Crippen LogP contribution >= 0.6 is 11.3 Å². The minimum absolute atomic E-state index is 0.365. The van der Waals surface area contributed by atoms with E-state index in [2.05, 4.69) is 4.99 Å². The van der Waals surface area contributed by atoms with Crippen LogP contribution in [0.25, 0.3) is 0 Å². The first-order valence-electron chi connectivity index (χ1n) is 5.49. The Bertz CT molecular complexity index is 628. The molecule has 0 fully saturated rings. The van der Waals surface area contributed by atoms with Crippen molar-refractivity contribution in [3.63, 3.8) is 0 Å². The number of rotatable bonds is 1. The van der Waals surface area contributed by atoms with Gasteiger partial charge in [-0.25, -0.2) is 4.99 Å². The Hall–Kier alpha value is -1.82. The van der Waals surface area contributed by atoms with Crippen LogP contribution in [0, 0.1) is 0 Å². The van der Waals surface area contributed by atoms with Gasteiger partial charge >= 0.3 is 6.18 Å². The lowest BCUT2D eigenvalue weighted by atomic mass is 10.1. The van der Waals surface area contributed by atoms with Crippen molar-refractivity contribution in [1.82, 2.24) is 0 Å². The lowest BCUT2D eigenvalue weighted by molar-refractivity contribution is -0.137. The highest BCUT2D eigenvalue weighted by Crippen LogP contribution is 2.33. The molecule has 19 heavy (non-hydrogen) atoms. The summed E-state index contributed by atoms with van der Waals surface area (Å²) in [5, 5.41) is 2.76. The van der Waals surface area contributed by atoms with Crippen molar-refractivity contribution in [2.24, 2.45) is 4.99 Å². The van der Waals surface area contributed by atoms with Gasteiger partial charge in [-0.15, -0.1) is 11.3 Å². The molecule has 0 atom stereocenters. The Morgan fingerprint density at radius 3 is 2.53 bits per heavy atom. The second kappa shape index (κ2) is 4.38. The summed E-state index contributed by atoms with van der Waals surface area (Å²) in [6, 6.07) is 6.74. The predicted molar refractivity (Wildman–Crippen MR) is 66.7 cm³/mol. The van der Waals surface area contributed by atoms with Crippen LogP contribution in [0.15, 0.2) is 40.7 Å². The van der Waals surface area contributed by atoms with Gasteiger partial charge in [-0.05, 0) is 35.7 Å². The van der Waals surface area contributed by atoms with E-state index >= 15 is 0 Å². The number of ether oxygens (including phenoxy) is 1. The van der Waals surface area contributed by atoms with Crippen LogP contribution < -0.4 is 0 Å². The average molecular weight is 283 g/mol. The SMILES string of the molecule is FC(F)(F)c1ccc(C2=Nc3sccc3CO2)cc1. The summed E-state index contributed by atoms with van der Waals surface area (Å²) in [5.41, 5.74) is 0.872. The van der Waals surface area contributed by atoms with E-state index in [1.54, 1.807) is 0 Å². The molecular weight excluding hydrogens is 275 g/mol. The van der Waals surface area contributed by atoms with E-state index in [4.69, 9.17) is 4.74 Å². The quantitative estimate of drug-likeness (QED) is 0.761. The number of hydrogen-bond donors (Lipinski definition) is 0. The molecule has 0 spiro atoms. The van der Waals surface area contributed by atoms with Gasteiger partial charge in [-0.3, -0.25) is 0 Å². The third-order valence-corrected chi connectivity index (χ3v) is 3.60. The van der Waals surface area contributed by atoms with Crippen molar-refractivity contribution in [3.05, 3.63) is 52.4 Å². The number of benzene rings is 1. The predicted octanol–water partition coefficient (Wildman–Crippen LogP) is 4.38. The van der Waals surface area contributed by atoms with Crippen molar-refractivity contribution in [1.29, 1.82) is 0 Å². The van der Waals surface area contributed by atoms with Gasteiger partial charge < -0.3 is 4.74 Å². The molecule has 2 nitrogen and oxygen atoms in total. The molecule has 2 aromatic rings. The van der Waals surface area contributed by atoms with Gasteiger partial charge in [0.25, 0.3) is 0 Å². The van der Waals surface area contributed by atoms with Crippen molar-refractivity contribution < 1.29 is 17.9 Å². The summed E-state index contributed by atoms with van der Waals surface area (Å²) in [7, 11) is 0. The minimum atomic E-state index is -4.32. The summed E-state index contributed by atoms with van der Waals surface area (Å²) in [6.07, 6.45) is -4.32. The van der Waals surface area contributed by atoms with E-state index < -0.39 is 11.7 Å². The van der Waals surface area contributed by atoms with E-state index in [0.717, 1.165) is 22.7 Å². The van der Waals surface area contributed by atoms with Crippen LogP contribution in [0.5, 0.6) is 0 Å². The van der Waals surface area contributed by atoms with Crippen LogP contribution in [-0.4, -0.2) is 5.90 Å². The molecule has 2 heterocycles. The molecule has 3 rings (SSSR count). The van der Waals surface area contributed by atoms with Gasteiger partial charge in [-0.2, -0.15) is 13.2 Å². The average Bonchev–Trinajstić information content (AvgIpc) is 2.85. The zero-order chi connectivity index (χ0) is 13.5. The molecule has 0 saturated carbocycles. The number of hydrogen-bond acceptors (Lipinski definition) is 3. The van der Waals surface area contributed by atoms with Crippen molar-refractivity contribution >= 4 is 22.2 Å². The molecule has 1 aliphatic heterocycles. The first-order valence-corrected chi connectivity index (χ1v) is 6.37. The topological polar surface area (TPSA) is 21.6 Å². The lowest BCUT2D eigenvalue weighted by Crippen LogP contribution is -2.11. The Labute approximate surface area is 111 Å². The third kappa shape index (κ3) is 2.35. The van der Waals surface area contributed by atoms with Crippen molar-refractivity contribution in [2.45, 2.75) is 12.8 Å². The molecule has 1 aromatic carbocycles. The lowest BCUT2D eigenvalue weighted by Gasteiger charge is -2.14. The number of halogens is 3. The second-order valence-electron chi connectivity index (χ2n) is 4.03. The van der Waals surface area contributed by atoms with Gasteiger partial charge in [0.05, 0.1) is 5.56 Å². The fourth-order valence-electron chi connectivity index (χ4n) is 1.76. The van der Waals surface area contributed by atoms with Gasteiger partial charge in [0.15, 0.2) is 0 Å². The molecule has 0 N–H and O–H groups in total. The van der Waals surface area contributed by atoms with Gasteiger partial charge in [0.2, 0.25) is 5.90 Å². The minimum Gasteiger partial charge on any atom is -0.472 e. The zero-order valence-electron chi connectivity index (χ0n) is 9.57. The van der Waals surface area contributed by atoms with Crippen LogP contribution in [-0.2, 0) is 17.5 Å². The summed E-state index contributed by atoms with van der Waals surface area (Å²) >= 11 is 1.48. The van der Waals surface area contributed by atoms with Crippen LogP contribution in [0.4, 0.5) is 18.2 Å². The first-order chi connectivity index (χ1) is 9.04.